The van der Waals surface area contributed by atoms with E-state index in [4.69, 9.17) is 0 Å². The maximum absolute atomic E-state index is 12.0. The van der Waals surface area contributed by atoms with Gasteiger partial charge in [0, 0.05) is 6.42 Å². The number of hydrogen-bond acceptors (Lipinski definition) is 5. The first-order chi connectivity index (χ1) is 6.38. The summed E-state index contributed by atoms with van der Waals surface area (Å²) in [7, 11) is -4.56. The summed E-state index contributed by atoms with van der Waals surface area (Å²) in [6, 6.07) is 2.32. The molecule has 0 aromatic carbocycles. The molecule has 1 rings (SSSR count). The van der Waals surface area contributed by atoms with E-state index in [1.807, 2.05) is 0 Å². The highest BCUT2D eigenvalue weighted by atomic mass is 32.3. The second-order valence-electron chi connectivity index (χ2n) is 2.49. The van der Waals surface area contributed by atoms with Crippen molar-refractivity contribution >= 4 is 16.1 Å². The number of furan rings is 1. The summed E-state index contributed by atoms with van der Waals surface area (Å²) in [6.07, 6.45) is -0.216. The lowest BCUT2D eigenvalue weighted by Crippen LogP contribution is -2.00. The van der Waals surface area contributed by atoms with Crippen molar-refractivity contribution in [3.8, 4) is 0 Å². The third-order valence-electron chi connectivity index (χ3n) is 1.42. The minimum atomic E-state index is -4.56. The predicted octanol–water partition coefficient (Wildman–Crippen LogP) is 1.03. The zero-order valence-electron chi connectivity index (χ0n) is 6.84. The van der Waals surface area contributed by atoms with Crippen molar-refractivity contribution in [2.24, 2.45) is 0 Å². The van der Waals surface area contributed by atoms with Gasteiger partial charge in [0.05, 0.1) is 11.8 Å². The van der Waals surface area contributed by atoms with E-state index >= 15 is 0 Å². The van der Waals surface area contributed by atoms with Gasteiger partial charge < -0.3 is 4.42 Å². The molecule has 0 bridgehead atoms. The lowest BCUT2D eigenvalue weighted by Gasteiger charge is -1.90. The van der Waals surface area contributed by atoms with Gasteiger partial charge in [0.15, 0.2) is 0 Å². The van der Waals surface area contributed by atoms with Gasteiger partial charge in [-0.05, 0) is 6.07 Å². The number of aryl methyl sites for hydroxylation is 1. The topological polar surface area (TPSA) is 90.4 Å². The van der Waals surface area contributed by atoms with Gasteiger partial charge in [-0.1, -0.05) is 0 Å². The maximum atomic E-state index is 12.0. The van der Waals surface area contributed by atoms with Gasteiger partial charge in [0.25, 0.3) is 0 Å². The summed E-state index contributed by atoms with van der Waals surface area (Å²) in [4.78, 5) is 9.38. The third kappa shape index (κ3) is 3.13. The van der Waals surface area contributed by atoms with Crippen molar-refractivity contribution in [3.63, 3.8) is 0 Å². The zero-order chi connectivity index (χ0) is 10.8. The molecule has 78 valence electrons. The molecule has 0 aliphatic rings. The van der Waals surface area contributed by atoms with E-state index in [1.54, 1.807) is 0 Å². The van der Waals surface area contributed by atoms with Crippen LogP contribution in [0.4, 0.5) is 9.77 Å². The van der Waals surface area contributed by atoms with Crippen molar-refractivity contribution in [3.05, 3.63) is 28.0 Å². The van der Waals surface area contributed by atoms with Crippen molar-refractivity contribution in [1.29, 1.82) is 0 Å². The summed E-state index contributed by atoms with van der Waals surface area (Å²) in [5.41, 5.74) is 0. The Kier molecular flexibility index (Phi) is 2.84. The van der Waals surface area contributed by atoms with E-state index in [2.05, 4.69) is 4.42 Å². The Morgan fingerprint density at radius 2 is 2.14 bits per heavy atom. The molecule has 0 aliphatic carbocycles. The minimum Gasteiger partial charge on any atom is -0.406 e. The Labute approximate surface area is 78.7 Å². The molecule has 0 N–H and O–H groups in total. The van der Waals surface area contributed by atoms with Gasteiger partial charge in [-0.25, -0.2) is 0 Å². The molecule has 1 aromatic heterocycles. The van der Waals surface area contributed by atoms with Crippen LogP contribution < -0.4 is 0 Å². The van der Waals surface area contributed by atoms with Crippen LogP contribution in [-0.2, 0) is 16.6 Å². The quantitative estimate of drug-likeness (QED) is 0.432. The molecule has 0 saturated heterocycles. The van der Waals surface area contributed by atoms with Crippen LogP contribution in [0, 0.1) is 10.1 Å². The molecule has 0 fully saturated rings. The lowest BCUT2D eigenvalue weighted by atomic mass is 10.4. The molecule has 0 amide bonds. The number of nitro groups is 1. The second-order valence-corrected chi connectivity index (χ2v) is 3.98. The summed E-state index contributed by atoms with van der Waals surface area (Å²) in [5, 5.41) is 10.1. The maximum Gasteiger partial charge on any atom is 0.433 e. The zero-order valence-corrected chi connectivity index (χ0v) is 7.66. The van der Waals surface area contributed by atoms with E-state index in [0.717, 1.165) is 6.07 Å². The number of hydrogen-bond donors (Lipinski definition) is 0. The normalized spacial score (nSPS) is 11.5. The highest BCUT2D eigenvalue weighted by molar-refractivity contribution is 7.86. The Morgan fingerprint density at radius 1 is 1.50 bits per heavy atom. The van der Waals surface area contributed by atoms with Crippen LogP contribution >= 0.6 is 0 Å². The van der Waals surface area contributed by atoms with Gasteiger partial charge in [-0.2, -0.15) is 8.42 Å². The van der Waals surface area contributed by atoms with Crippen molar-refractivity contribution < 1.29 is 21.6 Å². The number of rotatable bonds is 4. The van der Waals surface area contributed by atoms with Crippen molar-refractivity contribution in [2.75, 3.05) is 5.75 Å². The average molecular weight is 223 g/mol. The van der Waals surface area contributed by atoms with Gasteiger partial charge in [0.1, 0.15) is 10.7 Å². The summed E-state index contributed by atoms with van der Waals surface area (Å²) < 4.78 is 36.9. The lowest BCUT2D eigenvalue weighted by molar-refractivity contribution is -0.402. The van der Waals surface area contributed by atoms with Gasteiger partial charge in [0.2, 0.25) is 0 Å². The summed E-state index contributed by atoms with van der Waals surface area (Å²) in [6.45, 7) is 0. The molecule has 0 spiro atoms. The van der Waals surface area contributed by atoms with Crippen molar-refractivity contribution in [2.45, 2.75) is 6.42 Å². The SMILES string of the molecule is O=[N+]([O-])c1ccc(CCS(=O)(=O)F)o1. The van der Waals surface area contributed by atoms with E-state index in [1.165, 1.54) is 6.07 Å². The highest BCUT2D eigenvalue weighted by Crippen LogP contribution is 2.16. The van der Waals surface area contributed by atoms with Gasteiger partial charge in [-0.15, -0.1) is 3.89 Å². The van der Waals surface area contributed by atoms with Crippen LogP contribution in [0.3, 0.4) is 0 Å². The van der Waals surface area contributed by atoms with Crippen LogP contribution in [0.1, 0.15) is 5.76 Å². The Bertz CT molecular complexity index is 437. The molecule has 0 saturated carbocycles. The largest absolute Gasteiger partial charge is 0.433 e. The predicted molar refractivity (Wildman–Crippen MR) is 44.0 cm³/mol. The van der Waals surface area contributed by atoms with E-state index in [0.29, 0.717) is 0 Å². The standard InChI is InChI=1S/C6H6FNO5S/c7-14(11,12)4-3-5-1-2-6(13-5)8(9)10/h1-2H,3-4H2. The number of halogens is 1. The average Bonchev–Trinajstić information content (AvgIpc) is 2.47. The molecule has 0 unspecified atom stereocenters. The first-order valence-electron chi connectivity index (χ1n) is 3.54. The van der Waals surface area contributed by atoms with Gasteiger partial charge in [-0.3, -0.25) is 10.1 Å². The van der Waals surface area contributed by atoms with Gasteiger partial charge >= 0.3 is 16.1 Å². The number of nitrogens with zero attached hydrogens (tertiary/aromatic N) is 1. The Morgan fingerprint density at radius 3 is 2.57 bits per heavy atom. The van der Waals surface area contributed by atoms with Crippen LogP contribution in [0.15, 0.2) is 16.5 Å². The molecule has 8 heteroatoms. The van der Waals surface area contributed by atoms with Crippen LogP contribution in [0.2, 0.25) is 0 Å². The highest BCUT2D eigenvalue weighted by Gasteiger charge is 2.14. The van der Waals surface area contributed by atoms with Crippen LogP contribution in [-0.4, -0.2) is 19.1 Å². The van der Waals surface area contributed by atoms with E-state index < -0.39 is 26.8 Å². The smallest absolute Gasteiger partial charge is 0.406 e. The van der Waals surface area contributed by atoms with Crippen LogP contribution in [0.5, 0.6) is 0 Å². The van der Waals surface area contributed by atoms with Crippen molar-refractivity contribution in [1.82, 2.24) is 0 Å². The molecule has 0 atom stereocenters. The van der Waals surface area contributed by atoms with Crippen LogP contribution in [0.25, 0.3) is 0 Å². The molecule has 1 heterocycles. The molecule has 6 nitrogen and oxygen atoms in total. The monoisotopic (exact) mass is 223 g/mol. The molecule has 0 aliphatic heterocycles. The Balaban J connectivity index is 2.65. The first kappa shape index (κ1) is 10.6. The minimum absolute atomic E-state index is 0.0675. The second kappa shape index (κ2) is 3.74. The third-order valence-corrected chi connectivity index (χ3v) is 2.11. The fourth-order valence-corrected chi connectivity index (χ4v) is 1.27. The fraction of sp³-hybridized carbons (Fsp3) is 0.333. The Hall–Kier alpha value is -1.44. The van der Waals surface area contributed by atoms with E-state index in [9.17, 15) is 22.4 Å². The summed E-state index contributed by atoms with van der Waals surface area (Å²) in [5.74, 6) is -1.16. The molecular formula is C6H6FNO5S. The summed E-state index contributed by atoms with van der Waals surface area (Å²) >= 11 is 0. The fourth-order valence-electron chi connectivity index (χ4n) is 0.822. The first-order valence-corrected chi connectivity index (χ1v) is 5.09. The molecule has 0 radical (unpaired) electrons. The molecule has 14 heavy (non-hydrogen) atoms. The molecule has 1 aromatic rings. The molecular weight excluding hydrogens is 217 g/mol. The van der Waals surface area contributed by atoms with E-state index in [-0.39, 0.29) is 12.2 Å².